The molecule has 3 N–H and O–H groups in total. The number of carbonyl (C=O) groups excluding carboxylic acids is 2. The van der Waals surface area contributed by atoms with E-state index in [1.807, 2.05) is 61.5 Å². The fraction of sp³-hybridized carbons (Fsp3) is 0.346. The Hall–Kier alpha value is -4.79. The summed E-state index contributed by atoms with van der Waals surface area (Å²) in [4.78, 5) is 39.2. The van der Waals surface area contributed by atoms with Gasteiger partial charge in [0.1, 0.15) is 0 Å². The summed E-state index contributed by atoms with van der Waals surface area (Å²) in [5.41, 5.74) is 1.05. The molecule has 2 aromatic carbocycles. The van der Waals surface area contributed by atoms with Gasteiger partial charge in [0.05, 0.1) is 13.2 Å². The summed E-state index contributed by atoms with van der Waals surface area (Å²) < 4.78 is 4.67. The number of carboxylic acids is 1. The van der Waals surface area contributed by atoms with Crippen LogP contribution in [0.15, 0.2) is 48.5 Å². The van der Waals surface area contributed by atoms with Gasteiger partial charge in [-0.2, -0.15) is 10.5 Å². The average molecular weight is 520 g/mol. The summed E-state index contributed by atoms with van der Waals surface area (Å²) in [5.74, 6) is -2.27. The number of aromatic amines is 1. The number of methoxy groups -OCH3 is 1. The lowest BCUT2D eigenvalue weighted by molar-refractivity contribution is -0.161. The lowest BCUT2D eigenvalue weighted by Gasteiger charge is -2.31. The Morgan fingerprint density at radius 3 is 2.45 bits per heavy atom. The van der Waals surface area contributed by atoms with Crippen LogP contribution in [0.2, 0.25) is 0 Å². The van der Waals surface area contributed by atoms with Crippen LogP contribution in [0.1, 0.15) is 38.2 Å². The zero-order chi connectivity index (χ0) is 27.5. The number of urea groups is 1. The minimum absolute atomic E-state index is 0.174. The average Bonchev–Trinajstić information content (AvgIpc) is 3.48. The highest BCUT2D eigenvalue weighted by molar-refractivity contribution is 6.06. The predicted molar refractivity (Wildman–Crippen MR) is 136 cm³/mol. The highest BCUT2D eigenvalue weighted by atomic mass is 16.5. The van der Waals surface area contributed by atoms with Gasteiger partial charge in [-0.15, -0.1) is 10.2 Å². The summed E-state index contributed by atoms with van der Waals surface area (Å²) in [6.07, 6.45) is 0.780. The molecule has 0 aliphatic carbocycles. The van der Waals surface area contributed by atoms with Crippen molar-refractivity contribution in [2.45, 2.75) is 44.7 Å². The number of carbonyl (C=O) groups is 3. The minimum atomic E-state index is -2.37. The fourth-order valence-corrected chi connectivity index (χ4v) is 3.96. The zero-order valence-electron chi connectivity index (χ0n) is 21.2. The maximum absolute atomic E-state index is 13.3. The van der Waals surface area contributed by atoms with Gasteiger partial charge in [0.25, 0.3) is 0 Å². The van der Waals surface area contributed by atoms with E-state index in [0.29, 0.717) is 18.8 Å². The van der Waals surface area contributed by atoms with E-state index in [1.165, 1.54) is 4.90 Å². The van der Waals surface area contributed by atoms with Crippen LogP contribution in [0.5, 0.6) is 0 Å². The van der Waals surface area contributed by atoms with Gasteiger partial charge in [0.15, 0.2) is 0 Å². The second kappa shape index (κ2) is 13.0. The molecule has 2 amide bonds. The van der Waals surface area contributed by atoms with Gasteiger partial charge in [-0.3, -0.25) is 0 Å². The Labute approximate surface area is 219 Å². The summed E-state index contributed by atoms with van der Waals surface area (Å²) >= 11 is 0. The molecule has 38 heavy (non-hydrogen) atoms. The minimum Gasteiger partial charge on any atom is -0.479 e. The molecule has 198 valence electrons. The van der Waals surface area contributed by atoms with E-state index in [1.54, 1.807) is 0 Å². The molecule has 0 saturated heterocycles. The third kappa shape index (κ3) is 6.31. The number of benzene rings is 2. The second-order valence-corrected chi connectivity index (χ2v) is 8.54. The number of hydrogen-bond donors (Lipinski definition) is 3. The highest BCUT2D eigenvalue weighted by Gasteiger charge is 2.49. The van der Waals surface area contributed by atoms with Gasteiger partial charge in [0, 0.05) is 31.5 Å². The monoisotopic (exact) mass is 519 g/mol. The van der Waals surface area contributed by atoms with Crippen LogP contribution in [-0.2, 0) is 20.9 Å². The maximum atomic E-state index is 13.3. The van der Waals surface area contributed by atoms with Gasteiger partial charge in [-0.05, 0) is 28.3 Å². The maximum Gasteiger partial charge on any atom is 0.343 e. The quantitative estimate of drug-likeness (QED) is 0.240. The Balaban J connectivity index is 1.84. The first-order valence-electron chi connectivity index (χ1n) is 12.0. The van der Waals surface area contributed by atoms with Crippen LogP contribution in [-0.4, -0.2) is 67.8 Å². The van der Waals surface area contributed by atoms with Crippen molar-refractivity contribution in [3.63, 3.8) is 0 Å². The number of tetrazole rings is 1. The summed E-state index contributed by atoms with van der Waals surface area (Å²) in [7, 11) is 1.03. The number of nitriles is 1. The number of hydrogen-bond acceptors (Lipinski definition) is 8. The Kier molecular flexibility index (Phi) is 9.48. The number of nitrogens with zero attached hydrogens (tertiary/aromatic N) is 5. The molecule has 0 aliphatic heterocycles. The second-order valence-electron chi connectivity index (χ2n) is 8.54. The highest BCUT2D eigenvalue weighted by Crippen LogP contribution is 2.30. The van der Waals surface area contributed by atoms with E-state index in [9.17, 15) is 19.5 Å². The van der Waals surface area contributed by atoms with Crippen molar-refractivity contribution < 1.29 is 24.2 Å². The number of aromatic nitrogens is 4. The topological polar surface area (TPSA) is 174 Å². The molecule has 12 heteroatoms. The Morgan fingerprint density at radius 1 is 1.16 bits per heavy atom. The number of ether oxygens (including phenoxy) is 1. The number of carboxylic acid groups (broad SMARTS) is 1. The third-order valence-electron chi connectivity index (χ3n) is 6.05. The predicted octanol–water partition coefficient (Wildman–Crippen LogP) is 3.15. The largest absolute Gasteiger partial charge is 0.479 e. The zero-order valence-corrected chi connectivity index (χ0v) is 21.2. The number of unbranched alkanes of at least 4 members (excludes halogenated alkanes) is 1. The number of H-pyrrole nitrogens is 1. The van der Waals surface area contributed by atoms with Crippen molar-refractivity contribution in [3.8, 4) is 28.6 Å². The summed E-state index contributed by atoms with van der Waals surface area (Å²) in [5, 5.41) is 35.3. The standard InChI is InChI=1S/C26H29N7O5/c1-3-4-16-33(25(37)28-26(23(34)35,14-7-15-27)24(36)38-2)17-18-10-12-19(13-11-18)20-8-5-6-9-21(20)22-29-31-32-30-22/h5-6,8-13H,3-4,7,14,16-17H2,1-2H3,(H,28,37)(H,34,35)(H,29,30,31,32). The van der Waals surface area contributed by atoms with Gasteiger partial charge in [-0.1, -0.05) is 61.9 Å². The van der Waals surface area contributed by atoms with E-state index in [2.05, 4.69) is 30.7 Å². The number of nitrogens with one attached hydrogen (secondary N) is 2. The van der Waals surface area contributed by atoms with Gasteiger partial charge in [0.2, 0.25) is 11.4 Å². The van der Waals surface area contributed by atoms with Crippen molar-refractivity contribution in [1.82, 2.24) is 30.8 Å². The van der Waals surface area contributed by atoms with Crippen molar-refractivity contribution in [1.29, 1.82) is 5.26 Å². The van der Waals surface area contributed by atoms with Crippen molar-refractivity contribution in [2.75, 3.05) is 13.7 Å². The normalized spacial score (nSPS) is 12.1. The molecule has 1 heterocycles. The van der Waals surface area contributed by atoms with E-state index < -0.39 is 29.9 Å². The van der Waals surface area contributed by atoms with Crippen LogP contribution in [0.25, 0.3) is 22.5 Å². The molecule has 3 rings (SSSR count). The molecule has 1 unspecified atom stereocenters. The van der Waals surface area contributed by atoms with E-state index in [-0.39, 0.29) is 13.0 Å². The molecule has 0 bridgehead atoms. The molecule has 1 aromatic heterocycles. The molecule has 3 aromatic rings. The third-order valence-corrected chi connectivity index (χ3v) is 6.05. The first-order chi connectivity index (χ1) is 18.4. The lowest BCUT2D eigenvalue weighted by atomic mass is 9.93. The molecular weight excluding hydrogens is 490 g/mol. The first-order valence-corrected chi connectivity index (χ1v) is 12.0. The number of amides is 2. The summed E-state index contributed by atoms with van der Waals surface area (Å²) in [6, 6.07) is 16.3. The van der Waals surface area contributed by atoms with E-state index in [4.69, 9.17) is 5.26 Å². The van der Waals surface area contributed by atoms with Crippen LogP contribution in [0.3, 0.4) is 0 Å². The van der Waals surface area contributed by atoms with Crippen molar-refractivity contribution in [2.24, 2.45) is 0 Å². The molecule has 12 nitrogen and oxygen atoms in total. The number of rotatable bonds is 12. The molecule has 0 saturated carbocycles. The smallest absolute Gasteiger partial charge is 0.343 e. The summed E-state index contributed by atoms with van der Waals surface area (Å²) in [6.45, 7) is 2.47. The number of esters is 1. The molecule has 0 spiro atoms. The van der Waals surface area contributed by atoms with E-state index >= 15 is 0 Å². The molecule has 0 fully saturated rings. The van der Waals surface area contributed by atoms with Crippen LogP contribution < -0.4 is 5.32 Å². The Bertz CT molecular complexity index is 1290. The van der Waals surface area contributed by atoms with Crippen molar-refractivity contribution in [3.05, 3.63) is 54.1 Å². The van der Waals surface area contributed by atoms with Crippen LogP contribution in [0, 0.1) is 11.3 Å². The fourth-order valence-electron chi connectivity index (χ4n) is 3.96. The van der Waals surface area contributed by atoms with Gasteiger partial charge < -0.3 is 20.1 Å². The molecule has 0 radical (unpaired) electrons. The molecular formula is C26H29N7O5. The lowest BCUT2D eigenvalue weighted by Crippen LogP contribution is -2.63. The van der Waals surface area contributed by atoms with Crippen LogP contribution >= 0.6 is 0 Å². The Morgan fingerprint density at radius 2 is 1.87 bits per heavy atom. The van der Waals surface area contributed by atoms with Crippen LogP contribution in [0.4, 0.5) is 4.79 Å². The van der Waals surface area contributed by atoms with Gasteiger partial charge in [-0.25, -0.2) is 14.4 Å². The number of aliphatic carboxylic acids is 1. The molecule has 1 atom stereocenters. The molecule has 0 aliphatic rings. The van der Waals surface area contributed by atoms with E-state index in [0.717, 1.165) is 35.8 Å². The van der Waals surface area contributed by atoms with Gasteiger partial charge >= 0.3 is 18.0 Å². The first kappa shape index (κ1) is 27.8. The van der Waals surface area contributed by atoms with Crippen molar-refractivity contribution >= 4 is 18.0 Å². The SMILES string of the molecule is CCCCN(Cc1ccc(-c2ccccc2-c2nn[nH]n2)cc1)C(=O)NC(CCC#N)(C(=O)O)C(=O)OC.